The number of halogens is 3. The van der Waals surface area contributed by atoms with Gasteiger partial charge in [0.25, 0.3) is 11.8 Å². The zero-order chi connectivity index (χ0) is 29.1. The number of carbonyl (C=O) groups excluding carboxylic acids is 2. The Kier molecular flexibility index (Phi) is 8.85. The van der Waals surface area contributed by atoms with Crippen molar-refractivity contribution in [2.45, 2.75) is 6.92 Å². The number of thiocarbonyl (C=S) groups is 1. The van der Waals surface area contributed by atoms with Crippen LogP contribution in [0.4, 0.5) is 11.4 Å². The predicted molar refractivity (Wildman–Crippen MR) is 169 cm³/mol. The van der Waals surface area contributed by atoms with E-state index in [1.54, 1.807) is 30.3 Å². The van der Waals surface area contributed by atoms with E-state index < -0.39 is 5.91 Å². The quantitative estimate of drug-likeness (QED) is 0.226. The van der Waals surface area contributed by atoms with E-state index in [0.717, 1.165) is 16.8 Å². The zero-order valence-electron chi connectivity index (χ0n) is 21.9. The van der Waals surface area contributed by atoms with Crippen LogP contribution in [0.5, 0.6) is 0 Å². The average molecular weight is 628 g/mol. The Bertz CT molecular complexity index is 1630. The van der Waals surface area contributed by atoms with Gasteiger partial charge in [-0.2, -0.15) is 0 Å². The molecule has 41 heavy (non-hydrogen) atoms. The lowest BCUT2D eigenvalue weighted by Gasteiger charge is -2.36. The van der Waals surface area contributed by atoms with Gasteiger partial charge >= 0.3 is 0 Å². The minimum atomic E-state index is -0.521. The maximum absolute atomic E-state index is 13.0. The zero-order valence-corrected chi connectivity index (χ0v) is 25.0. The minimum Gasteiger partial charge on any atom is -0.451 e. The number of amides is 2. The second-order valence-electron chi connectivity index (χ2n) is 9.43. The number of piperazine rings is 1. The summed E-state index contributed by atoms with van der Waals surface area (Å²) < 4.78 is 5.68. The van der Waals surface area contributed by atoms with E-state index in [4.69, 9.17) is 51.4 Å². The number of furan rings is 1. The van der Waals surface area contributed by atoms with Crippen molar-refractivity contribution in [3.05, 3.63) is 105 Å². The maximum Gasteiger partial charge on any atom is 0.293 e. The van der Waals surface area contributed by atoms with Crippen LogP contribution in [-0.4, -0.2) is 48.0 Å². The van der Waals surface area contributed by atoms with Crippen molar-refractivity contribution < 1.29 is 14.0 Å². The van der Waals surface area contributed by atoms with Gasteiger partial charge in [-0.1, -0.05) is 59.1 Å². The topological polar surface area (TPSA) is 77.8 Å². The molecule has 1 fully saturated rings. The van der Waals surface area contributed by atoms with E-state index in [-0.39, 0.29) is 16.8 Å². The first-order chi connectivity index (χ1) is 19.7. The molecule has 1 aromatic heterocycles. The van der Waals surface area contributed by atoms with Crippen LogP contribution < -0.4 is 15.5 Å². The van der Waals surface area contributed by atoms with E-state index in [1.807, 2.05) is 48.2 Å². The second kappa shape index (κ2) is 12.5. The lowest BCUT2D eigenvalue weighted by atomic mass is 10.1. The summed E-state index contributed by atoms with van der Waals surface area (Å²) >= 11 is 24.3. The molecule has 0 unspecified atom stereocenters. The van der Waals surface area contributed by atoms with Gasteiger partial charge in [0.15, 0.2) is 10.9 Å². The summed E-state index contributed by atoms with van der Waals surface area (Å²) in [7, 11) is 0. The number of benzene rings is 3. The van der Waals surface area contributed by atoms with Gasteiger partial charge in [0.1, 0.15) is 5.76 Å². The maximum atomic E-state index is 13.0. The highest BCUT2D eigenvalue weighted by Gasteiger charge is 2.24. The highest BCUT2D eigenvalue weighted by atomic mass is 35.5. The SMILES string of the molecule is Cc1ccccc1C(=O)N1CCN(c2ccc(NC(=S)NC(=O)c3ccc(-c4cccc(Cl)c4Cl)o3)cc2Cl)CC1. The third-order valence-corrected chi connectivity index (χ3v) is 8.09. The van der Waals surface area contributed by atoms with Crippen LogP contribution in [0.25, 0.3) is 11.3 Å². The summed E-state index contributed by atoms with van der Waals surface area (Å²) in [4.78, 5) is 29.7. The molecule has 0 atom stereocenters. The number of anilines is 2. The van der Waals surface area contributed by atoms with Gasteiger partial charge in [-0.3, -0.25) is 14.9 Å². The highest BCUT2D eigenvalue weighted by molar-refractivity contribution is 7.80. The molecule has 210 valence electrons. The van der Waals surface area contributed by atoms with Crippen LogP contribution in [0.2, 0.25) is 15.1 Å². The van der Waals surface area contributed by atoms with Crippen molar-refractivity contribution in [3.8, 4) is 11.3 Å². The normalized spacial score (nSPS) is 13.2. The van der Waals surface area contributed by atoms with Crippen molar-refractivity contribution in [1.29, 1.82) is 0 Å². The molecule has 1 aliphatic heterocycles. The smallest absolute Gasteiger partial charge is 0.293 e. The molecule has 1 aliphatic rings. The molecule has 0 bridgehead atoms. The molecule has 7 nitrogen and oxygen atoms in total. The summed E-state index contributed by atoms with van der Waals surface area (Å²) in [6, 6.07) is 21.4. The van der Waals surface area contributed by atoms with Crippen molar-refractivity contribution in [2.75, 3.05) is 36.4 Å². The predicted octanol–water partition coefficient (Wildman–Crippen LogP) is 7.30. The van der Waals surface area contributed by atoms with Gasteiger partial charge in [0.05, 0.1) is 20.8 Å². The molecule has 5 rings (SSSR count). The number of hydrogen-bond acceptors (Lipinski definition) is 5. The van der Waals surface area contributed by atoms with Crippen LogP contribution >= 0.6 is 47.0 Å². The molecule has 2 N–H and O–H groups in total. The summed E-state index contributed by atoms with van der Waals surface area (Å²) in [5, 5.41) is 6.91. The van der Waals surface area contributed by atoms with Gasteiger partial charge in [0.2, 0.25) is 0 Å². The molecule has 0 saturated carbocycles. The Morgan fingerprint density at radius 3 is 2.37 bits per heavy atom. The van der Waals surface area contributed by atoms with Crippen LogP contribution in [0.1, 0.15) is 26.5 Å². The molecule has 0 spiro atoms. The first-order valence-corrected chi connectivity index (χ1v) is 14.3. The largest absolute Gasteiger partial charge is 0.451 e. The number of rotatable bonds is 5. The molecule has 11 heteroatoms. The Morgan fingerprint density at radius 2 is 1.63 bits per heavy atom. The van der Waals surface area contributed by atoms with Gasteiger partial charge in [-0.25, -0.2) is 0 Å². The Balaban J connectivity index is 1.16. The van der Waals surface area contributed by atoms with Gasteiger partial charge in [0, 0.05) is 43.0 Å². The van der Waals surface area contributed by atoms with Crippen LogP contribution in [-0.2, 0) is 0 Å². The second-order valence-corrected chi connectivity index (χ2v) is 11.0. The standard InChI is InChI=1S/C30H25Cl3N4O3S/c1-18-5-2-3-6-20(18)29(39)37-15-13-36(14-16-37)24-10-9-19(17-23(24)32)34-30(41)35-28(38)26-12-11-25(40-26)21-7-4-8-22(31)27(21)33/h2-12,17H,13-16H2,1H3,(H2,34,35,38,41). The van der Waals surface area contributed by atoms with Crippen LogP contribution in [0.3, 0.4) is 0 Å². The summed E-state index contributed by atoms with van der Waals surface area (Å²) in [6.45, 7) is 4.45. The fourth-order valence-corrected chi connectivity index (χ4v) is 5.50. The van der Waals surface area contributed by atoms with Gasteiger partial charge in [-0.15, -0.1) is 0 Å². The van der Waals surface area contributed by atoms with E-state index in [2.05, 4.69) is 15.5 Å². The monoisotopic (exact) mass is 626 g/mol. The van der Waals surface area contributed by atoms with Gasteiger partial charge < -0.3 is 19.5 Å². The van der Waals surface area contributed by atoms with Crippen LogP contribution in [0.15, 0.2) is 77.2 Å². The highest BCUT2D eigenvalue weighted by Crippen LogP contribution is 2.34. The third-order valence-electron chi connectivity index (χ3n) is 6.76. The van der Waals surface area contributed by atoms with Crippen LogP contribution in [0, 0.1) is 6.92 Å². The number of nitrogens with one attached hydrogen (secondary N) is 2. The molecular formula is C30H25Cl3N4O3S. The summed E-state index contributed by atoms with van der Waals surface area (Å²) in [6.07, 6.45) is 0. The minimum absolute atomic E-state index is 0.0444. The molecule has 0 radical (unpaired) electrons. The number of nitrogens with zero attached hydrogens (tertiary/aromatic N) is 2. The van der Waals surface area contributed by atoms with Crippen molar-refractivity contribution >= 4 is 75.3 Å². The first kappa shape index (κ1) is 29.0. The number of hydrogen-bond donors (Lipinski definition) is 2. The van der Waals surface area contributed by atoms with Crippen molar-refractivity contribution in [3.63, 3.8) is 0 Å². The van der Waals surface area contributed by atoms with Crippen molar-refractivity contribution in [2.24, 2.45) is 0 Å². The summed E-state index contributed by atoms with van der Waals surface area (Å²) in [5.41, 5.74) is 3.75. The number of aryl methyl sites for hydroxylation is 1. The Hall–Kier alpha value is -3.56. The molecular weight excluding hydrogens is 603 g/mol. The van der Waals surface area contributed by atoms with Gasteiger partial charge in [-0.05, 0) is 73.2 Å². The third kappa shape index (κ3) is 6.52. The Morgan fingerprint density at radius 1 is 0.878 bits per heavy atom. The van der Waals surface area contributed by atoms with E-state index >= 15 is 0 Å². The summed E-state index contributed by atoms with van der Waals surface area (Å²) in [5.74, 6) is -0.00591. The molecule has 2 heterocycles. The van der Waals surface area contributed by atoms with Crippen molar-refractivity contribution in [1.82, 2.24) is 10.2 Å². The average Bonchev–Trinajstić information content (AvgIpc) is 3.45. The molecule has 3 aromatic carbocycles. The van der Waals surface area contributed by atoms with E-state index in [9.17, 15) is 9.59 Å². The molecule has 2 amide bonds. The lowest BCUT2D eigenvalue weighted by molar-refractivity contribution is 0.0746. The first-order valence-electron chi connectivity index (χ1n) is 12.8. The molecule has 0 aliphatic carbocycles. The molecule has 1 saturated heterocycles. The Labute approximate surface area is 258 Å². The van der Waals surface area contributed by atoms with E-state index in [0.29, 0.717) is 58.3 Å². The lowest BCUT2D eigenvalue weighted by Crippen LogP contribution is -2.49. The number of carbonyl (C=O) groups is 2. The fourth-order valence-electron chi connectivity index (χ4n) is 4.60. The fraction of sp³-hybridized carbons (Fsp3) is 0.167. The molecule has 4 aromatic rings. The van der Waals surface area contributed by atoms with E-state index in [1.165, 1.54) is 6.07 Å².